The molecule has 0 atom stereocenters. The van der Waals surface area contributed by atoms with E-state index in [1.807, 2.05) is 6.92 Å². The molecule has 0 aliphatic carbocycles. The van der Waals surface area contributed by atoms with Gasteiger partial charge in [0.05, 0.1) is 41.5 Å². The summed E-state index contributed by atoms with van der Waals surface area (Å²) < 4.78 is 55.3. The van der Waals surface area contributed by atoms with Gasteiger partial charge >= 0.3 is 0 Å². The third-order valence-corrected chi connectivity index (χ3v) is 8.73. The maximum absolute atomic E-state index is 14.4. The van der Waals surface area contributed by atoms with Gasteiger partial charge in [0, 0.05) is 27.1 Å². The van der Waals surface area contributed by atoms with Crippen LogP contribution in [0.4, 0.5) is 4.39 Å². The van der Waals surface area contributed by atoms with Crippen LogP contribution in [0.25, 0.3) is 33.3 Å². The quantitative estimate of drug-likeness (QED) is 0.173. The van der Waals surface area contributed by atoms with Crippen LogP contribution in [-0.4, -0.2) is 46.0 Å². The highest BCUT2D eigenvalue weighted by Gasteiger charge is 2.29. The Morgan fingerprint density at radius 2 is 1.92 bits per heavy atom. The number of alkyl halides is 1. The van der Waals surface area contributed by atoms with Gasteiger partial charge in [0.25, 0.3) is 15.9 Å². The molecule has 5 aromatic rings. The molecule has 192 valence electrons. The summed E-state index contributed by atoms with van der Waals surface area (Å²) in [5.41, 5.74) is 3.58. The molecule has 12 heteroatoms. The van der Waals surface area contributed by atoms with Gasteiger partial charge in [-0.25, -0.2) is 26.7 Å². The molecule has 0 amide bonds. The Bertz CT molecular complexity index is 1770. The van der Waals surface area contributed by atoms with Crippen LogP contribution in [0.3, 0.4) is 0 Å². The molecular formula is C25H21ClFIN4O4S. The van der Waals surface area contributed by atoms with Crippen LogP contribution in [0.1, 0.15) is 11.1 Å². The summed E-state index contributed by atoms with van der Waals surface area (Å²) >= 11 is 8.54. The number of aromatic nitrogens is 4. The highest BCUT2D eigenvalue weighted by atomic mass is 127. The van der Waals surface area contributed by atoms with E-state index in [-0.39, 0.29) is 32.5 Å². The number of halogens is 3. The number of H-pyrrole nitrogens is 1. The number of ether oxygens (including phenoxy) is 2. The van der Waals surface area contributed by atoms with E-state index >= 15 is 0 Å². The fourth-order valence-corrected chi connectivity index (χ4v) is 6.55. The fourth-order valence-electron chi connectivity index (χ4n) is 4.35. The lowest BCUT2D eigenvalue weighted by Crippen LogP contribution is -2.15. The van der Waals surface area contributed by atoms with Crippen molar-refractivity contribution in [2.45, 2.75) is 18.2 Å². The summed E-state index contributed by atoms with van der Waals surface area (Å²) in [5, 5.41) is -0.0589. The number of aryl methyl sites for hydroxylation is 2. The van der Waals surface area contributed by atoms with Gasteiger partial charge in [-0.2, -0.15) is 0 Å². The van der Waals surface area contributed by atoms with Gasteiger partial charge in [0.2, 0.25) is 0 Å². The Morgan fingerprint density at radius 1 is 1.19 bits per heavy atom. The third kappa shape index (κ3) is 4.12. The van der Waals surface area contributed by atoms with Gasteiger partial charge in [0.1, 0.15) is 5.52 Å². The van der Waals surface area contributed by atoms with Crippen molar-refractivity contribution in [1.82, 2.24) is 18.9 Å². The molecule has 0 aliphatic heterocycles. The molecular weight excluding hydrogens is 634 g/mol. The van der Waals surface area contributed by atoms with E-state index in [0.717, 1.165) is 25.7 Å². The van der Waals surface area contributed by atoms with Crippen LogP contribution in [0.5, 0.6) is 11.6 Å². The Balaban J connectivity index is 1.89. The van der Waals surface area contributed by atoms with E-state index in [1.165, 1.54) is 25.3 Å². The van der Waals surface area contributed by atoms with Gasteiger partial charge < -0.3 is 14.5 Å². The lowest BCUT2D eigenvalue weighted by Gasteiger charge is -2.14. The minimum Gasteiger partial charge on any atom is -0.491 e. The molecule has 0 spiro atoms. The molecule has 37 heavy (non-hydrogen) atoms. The van der Waals surface area contributed by atoms with Crippen LogP contribution in [0, 0.1) is 12.7 Å². The second-order valence-corrected chi connectivity index (χ2v) is 11.5. The number of rotatable bonds is 7. The summed E-state index contributed by atoms with van der Waals surface area (Å²) in [6, 6.07) is 7.97. The summed E-state index contributed by atoms with van der Waals surface area (Å²) in [6.45, 7) is 1.86. The summed E-state index contributed by atoms with van der Waals surface area (Å²) in [4.78, 5) is 12.0. The maximum atomic E-state index is 14.4. The van der Waals surface area contributed by atoms with Crippen molar-refractivity contribution in [3.05, 3.63) is 64.7 Å². The van der Waals surface area contributed by atoms with Crippen molar-refractivity contribution in [1.29, 1.82) is 0 Å². The van der Waals surface area contributed by atoms with Gasteiger partial charge in [-0.3, -0.25) is 0 Å². The first-order chi connectivity index (χ1) is 17.7. The zero-order valence-corrected chi connectivity index (χ0v) is 23.7. The van der Waals surface area contributed by atoms with E-state index in [0.29, 0.717) is 28.8 Å². The summed E-state index contributed by atoms with van der Waals surface area (Å²) in [7, 11) is -1.14. The molecule has 0 fully saturated rings. The topological polar surface area (TPSA) is 99.1 Å². The molecule has 0 bridgehead atoms. The summed E-state index contributed by atoms with van der Waals surface area (Å²) in [5.74, 6) is 0.0139. The van der Waals surface area contributed by atoms with E-state index in [4.69, 9.17) is 21.1 Å². The zero-order chi connectivity index (χ0) is 26.5. The Labute approximate surface area is 231 Å². The molecule has 1 N–H and O–H groups in total. The highest BCUT2D eigenvalue weighted by molar-refractivity contribution is 14.1. The van der Waals surface area contributed by atoms with Crippen LogP contribution >= 0.6 is 34.2 Å². The van der Waals surface area contributed by atoms with E-state index in [1.54, 1.807) is 25.4 Å². The minimum absolute atomic E-state index is 0.00397. The van der Waals surface area contributed by atoms with Gasteiger partial charge in [-0.15, -0.1) is 0 Å². The van der Waals surface area contributed by atoms with Crippen LogP contribution in [-0.2, 0) is 16.4 Å². The van der Waals surface area contributed by atoms with E-state index in [9.17, 15) is 12.8 Å². The molecule has 8 nitrogen and oxygen atoms in total. The van der Waals surface area contributed by atoms with Crippen molar-refractivity contribution in [3.8, 4) is 22.9 Å². The Kier molecular flexibility index (Phi) is 6.79. The number of methoxy groups -OCH3 is 2. The van der Waals surface area contributed by atoms with Crippen molar-refractivity contribution in [2.75, 3.05) is 18.6 Å². The van der Waals surface area contributed by atoms with Crippen LogP contribution in [0.2, 0.25) is 5.02 Å². The molecule has 0 saturated heterocycles. The lowest BCUT2D eigenvalue weighted by molar-refractivity contribution is 0.342. The zero-order valence-electron chi connectivity index (χ0n) is 20.0. The molecule has 0 saturated carbocycles. The van der Waals surface area contributed by atoms with E-state index in [2.05, 4.69) is 37.5 Å². The number of hydrogen-bond acceptors (Lipinski definition) is 6. The van der Waals surface area contributed by atoms with Crippen LogP contribution < -0.4 is 9.47 Å². The molecule has 4 aromatic heterocycles. The number of aromatic amines is 1. The lowest BCUT2D eigenvalue weighted by atomic mass is 10.1. The number of pyridine rings is 2. The number of fused-ring (bicyclic) bond motifs is 2. The van der Waals surface area contributed by atoms with Gasteiger partial charge in [0.15, 0.2) is 17.2 Å². The monoisotopic (exact) mass is 654 g/mol. The predicted molar refractivity (Wildman–Crippen MR) is 149 cm³/mol. The van der Waals surface area contributed by atoms with Gasteiger partial charge in [-0.1, -0.05) is 51.9 Å². The highest BCUT2D eigenvalue weighted by Crippen LogP contribution is 2.42. The number of nitrogens with one attached hydrogen (secondary N) is 1. The number of nitrogens with zero attached hydrogens (tertiary/aromatic N) is 3. The molecule has 0 aliphatic rings. The second-order valence-electron chi connectivity index (χ2n) is 8.27. The maximum Gasteiger partial charge on any atom is 0.269 e. The first-order valence-corrected chi connectivity index (χ1v) is 14.4. The Morgan fingerprint density at radius 3 is 2.57 bits per heavy atom. The minimum atomic E-state index is -4.17. The average Bonchev–Trinajstić information content (AvgIpc) is 3.48. The molecule has 5 rings (SSSR count). The van der Waals surface area contributed by atoms with Crippen molar-refractivity contribution >= 4 is 66.3 Å². The van der Waals surface area contributed by atoms with Crippen LogP contribution in [0.15, 0.2) is 47.6 Å². The van der Waals surface area contributed by atoms with Crippen molar-refractivity contribution < 1.29 is 22.3 Å². The van der Waals surface area contributed by atoms with Crippen molar-refractivity contribution in [2.24, 2.45) is 0 Å². The molecule has 1 aromatic carbocycles. The van der Waals surface area contributed by atoms with E-state index < -0.39 is 15.8 Å². The number of hydrogen-bond donors (Lipinski definition) is 1. The predicted octanol–water partition coefficient (Wildman–Crippen LogP) is 5.91. The smallest absolute Gasteiger partial charge is 0.269 e. The first-order valence-electron chi connectivity index (χ1n) is 11.1. The normalized spacial score (nSPS) is 11.9. The Hall–Kier alpha value is -2.90. The second kappa shape index (κ2) is 9.76. The standard InChI is InChI=1S/C25H21ClFIN4O4S/c1-13-4-6-14(7-5-13)37(33,34)32-19(10-16-20(26)18(27)12-30-24(16)32)17-11-29-21-15(8-9-28)23(35-2)25(36-3)31-22(17)21/h4-7,10-12,29H,8-9H2,1-3H3. The molecule has 0 radical (unpaired) electrons. The fraction of sp³-hybridized carbons (Fsp3) is 0.200. The average molecular weight is 655 g/mol. The summed E-state index contributed by atoms with van der Waals surface area (Å²) in [6.07, 6.45) is 3.23. The molecule has 0 unspecified atom stereocenters. The first kappa shape index (κ1) is 25.7. The number of benzene rings is 1. The molecule has 4 heterocycles. The van der Waals surface area contributed by atoms with Crippen molar-refractivity contribution in [3.63, 3.8) is 0 Å². The SMILES string of the molecule is COc1nc2c(-c3cc4c(Cl)c(F)cnc4n3S(=O)(=O)c3ccc(C)cc3)c[nH]c2c(CCI)c1OC. The van der Waals surface area contributed by atoms with Gasteiger partial charge in [-0.05, 0) is 31.5 Å². The largest absolute Gasteiger partial charge is 0.491 e. The third-order valence-electron chi connectivity index (χ3n) is 6.09.